The fourth-order valence-electron chi connectivity index (χ4n) is 2.55. The Labute approximate surface area is 135 Å². The van der Waals surface area contributed by atoms with E-state index in [1.54, 1.807) is 42.1 Å². The molecule has 1 N–H and O–H groups in total. The molecule has 6 nitrogen and oxygen atoms in total. The minimum absolute atomic E-state index is 0.189. The molecule has 23 heavy (non-hydrogen) atoms. The van der Waals surface area contributed by atoms with Gasteiger partial charge in [-0.2, -0.15) is 5.10 Å². The van der Waals surface area contributed by atoms with E-state index in [0.717, 1.165) is 5.56 Å². The largest absolute Gasteiger partial charge is 0.497 e. The maximum Gasteiger partial charge on any atom is 0.259 e. The molecule has 7 heteroatoms. The summed E-state index contributed by atoms with van der Waals surface area (Å²) in [5, 5.41) is 5.47. The molecule has 0 saturated carbocycles. The van der Waals surface area contributed by atoms with Crippen LogP contribution in [-0.4, -0.2) is 26.7 Å². The molecule has 0 amide bonds. The third-order valence-corrected chi connectivity index (χ3v) is 3.86. The van der Waals surface area contributed by atoms with Gasteiger partial charge in [0.25, 0.3) is 5.56 Å². The van der Waals surface area contributed by atoms with Gasteiger partial charge in [0.1, 0.15) is 16.5 Å². The molecule has 4 aromatic rings. The highest BCUT2D eigenvalue weighted by molar-refractivity contribution is 6.29. The van der Waals surface area contributed by atoms with E-state index >= 15 is 0 Å². The van der Waals surface area contributed by atoms with Crippen molar-refractivity contribution in [3.05, 3.63) is 58.1 Å². The van der Waals surface area contributed by atoms with Crippen molar-refractivity contribution in [3.63, 3.8) is 0 Å². The van der Waals surface area contributed by atoms with E-state index in [4.69, 9.17) is 16.3 Å². The topological polar surface area (TPSA) is 72.3 Å². The van der Waals surface area contributed by atoms with Gasteiger partial charge in [-0.05, 0) is 30.3 Å². The molecule has 0 unspecified atom stereocenters. The van der Waals surface area contributed by atoms with Gasteiger partial charge in [0.15, 0.2) is 0 Å². The number of ether oxygens (including phenoxy) is 1. The monoisotopic (exact) mass is 326 g/mol. The van der Waals surface area contributed by atoms with Crippen molar-refractivity contribution >= 4 is 28.2 Å². The van der Waals surface area contributed by atoms with E-state index in [1.165, 1.54) is 0 Å². The predicted molar refractivity (Wildman–Crippen MR) is 88.1 cm³/mol. The number of hydrogen-bond donors (Lipinski definition) is 1. The van der Waals surface area contributed by atoms with Crippen molar-refractivity contribution < 1.29 is 4.74 Å². The minimum Gasteiger partial charge on any atom is -0.497 e. The first-order chi connectivity index (χ1) is 11.2. The molecule has 0 atom stereocenters. The van der Waals surface area contributed by atoms with Crippen molar-refractivity contribution in [1.82, 2.24) is 19.6 Å². The molecule has 0 spiro atoms. The number of nitrogens with zero attached hydrogens (tertiary/aromatic N) is 3. The second kappa shape index (κ2) is 5.10. The fraction of sp³-hybridized carbons (Fsp3) is 0.0625. The molecule has 3 aromatic heterocycles. The number of hydrogen-bond acceptors (Lipinski definition) is 4. The summed E-state index contributed by atoms with van der Waals surface area (Å²) in [5.41, 5.74) is 2.65. The molecule has 0 aliphatic carbocycles. The van der Waals surface area contributed by atoms with Gasteiger partial charge in [0.2, 0.25) is 0 Å². The van der Waals surface area contributed by atoms with Crippen molar-refractivity contribution in [3.8, 4) is 17.0 Å². The summed E-state index contributed by atoms with van der Waals surface area (Å²) >= 11 is 5.93. The van der Waals surface area contributed by atoms with Gasteiger partial charge in [0.05, 0.1) is 23.7 Å². The second-order valence-electron chi connectivity index (χ2n) is 5.03. The lowest BCUT2D eigenvalue weighted by molar-refractivity contribution is 0.415. The van der Waals surface area contributed by atoms with Gasteiger partial charge in [-0.3, -0.25) is 4.79 Å². The molecule has 3 heterocycles. The van der Waals surface area contributed by atoms with E-state index in [1.807, 2.05) is 12.1 Å². The number of H-pyrrole nitrogens is 1. The van der Waals surface area contributed by atoms with Crippen LogP contribution in [0.4, 0.5) is 0 Å². The molecular formula is C16H11ClN4O2. The maximum absolute atomic E-state index is 12.3. The molecule has 0 bridgehead atoms. The van der Waals surface area contributed by atoms with Crippen LogP contribution in [0.15, 0.2) is 47.4 Å². The number of rotatable bonds is 2. The summed E-state index contributed by atoms with van der Waals surface area (Å²) in [6.07, 6.45) is 1.62. The molecule has 0 fully saturated rings. The number of halogens is 1. The summed E-state index contributed by atoms with van der Waals surface area (Å²) in [4.78, 5) is 19.1. The molecular weight excluding hydrogens is 316 g/mol. The number of benzene rings is 1. The Morgan fingerprint density at radius 3 is 2.87 bits per heavy atom. The number of fused-ring (bicyclic) bond motifs is 3. The Morgan fingerprint density at radius 1 is 1.22 bits per heavy atom. The summed E-state index contributed by atoms with van der Waals surface area (Å²) in [6, 6.07) is 10.7. The first-order valence-electron chi connectivity index (χ1n) is 6.87. The molecule has 114 valence electrons. The zero-order valence-electron chi connectivity index (χ0n) is 12.1. The van der Waals surface area contributed by atoms with Gasteiger partial charge in [-0.15, -0.1) is 0 Å². The number of nitrogens with one attached hydrogen (secondary N) is 1. The number of aromatic amines is 1. The summed E-state index contributed by atoms with van der Waals surface area (Å²) in [7, 11) is 1.56. The van der Waals surface area contributed by atoms with E-state index in [-0.39, 0.29) is 5.56 Å². The average Bonchev–Trinajstić information content (AvgIpc) is 2.98. The number of pyridine rings is 1. The molecule has 1 aromatic carbocycles. The maximum atomic E-state index is 12.3. The highest BCUT2D eigenvalue weighted by atomic mass is 35.5. The SMILES string of the molecule is COc1ccc2c(c1)c(=O)[nH]c1cc(-c3ccnc(Cl)c3)nn12. The average molecular weight is 327 g/mol. The Balaban J connectivity index is 2.02. The highest BCUT2D eigenvalue weighted by Gasteiger charge is 2.11. The smallest absolute Gasteiger partial charge is 0.259 e. The van der Waals surface area contributed by atoms with E-state index in [0.29, 0.717) is 33.1 Å². The Morgan fingerprint density at radius 2 is 2.09 bits per heavy atom. The summed E-state index contributed by atoms with van der Waals surface area (Å²) < 4.78 is 6.87. The predicted octanol–water partition coefficient (Wildman–Crippen LogP) is 2.90. The molecule has 0 aliphatic rings. The molecule has 4 rings (SSSR count). The summed E-state index contributed by atoms with van der Waals surface area (Å²) in [5.74, 6) is 0.621. The lowest BCUT2D eigenvalue weighted by Gasteiger charge is -2.03. The van der Waals surface area contributed by atoms with Crippen LogP contribution in [0.1, 0.15) is 0 Å². The normalized spacial score (nSPS) is 11.2. The molecule has 0 aliphatic heterocycles. The molecule has 0 radical (unpaired) electrons. The van der Waals surface area contributed by atoms with Gasteiger partial charge >= 0.3 is 0 Å². The lowest BCUT2D eigenvalue weighted by atomic mass is 10.2. The standard InChI is InChI=1S/C16H11ClN4O2/c1-23-10-2-3-13-11(7-10)16(22)19-15-8-12(20-21(13)15)9-4-5-18-14(17)6-9/h2-8H,1H3,(H,19,22). The van der Waals surface area contributed by atoms with Crippen LogP contribution >= 0.6 is 11.6 Å². The van der Waals surface area contributed by atoms with Gasteiger partial charge < -0.3 is 9.72 Å². The quantitative estimate of drug-likeness (QED) is 0.575. The van der Waals surface area contributed by atoms with Crippen molar-refractivity contribution in [2.75, 3.05) is 7.11 Å². The van der Waals surface area contributed by atoms with Crippen LogP contribution in [0.2, 0.25) is 5.15 Å². The van der Waals surface area contributed by atoms with Crippen molar-refractivity contribution in [2.45, 2.75) is 0 Å². The zero-order chi connectivity index (χ0) is 16.0. The van der Waals surface area contributed by atoms with E-state index in [2.05, 4.69) is 15.1 Å². The number of methoxy groups -OCH3 is 1. The third kappa shape index (κ3) is 2.24. The van der Waals surface area contributed by atoms with Crippen molar-refractivity contribution in [2.24, 2.45) is 0 Å². The van der Waals surface area contributed by atoms with Crippen molar-refractivity contribution in [1.29, 1.82) is 0 Å². The first-order valence-corrected chi connectivity index (χ1v) is 7.25. The third-order valence-electron chi connectivity index (χ3n) is 3.65. The van der Waals surface area contributed by atoms with Crippen LogP contribution in [-0.2, 0) is 0 Å². The molecule has 0 saturated heterocycles. The highest BCUT2D eigenvalue weighted by Crippen LogP contribution is 2.23. The van der Waals surface area contributed by atoms with Crippen LogP contribution in [0, 0.1) is 0 Å². The van der Waals surface area contributed by atoms with Crippen LogP contribution in [0.3, 0.4) is 0 Å². The van der Waals surface area contributed by atoms with E-state index in [9.17, 15) is 4.79 Å². The first kappa shape index (κ1) is 13.8. The van der Waals surface area contributed by atoms with Crippen LogP contribution in [0.5, 0.6) is 5.75 Å². The van der Waals surface area contributed by atoms with Crippen LogP contribution < -0.4 is 10.3 Å². The number of aromatic nitrogens is 4. The minimum atomic E-state index is -0.189. The lowest BCUT2D eigenvalue weighted by Crippen LogP contribution is -2.10. The van der Waals surface area contributed by atoms with E-state index < -0.39 is 0 Å². The van der Waals surface area contributed by atoms with Crippen LogP contribution in [0.25, 0.3) is 27.8 Å². The van der Waals surface area contributed by atoms with Gasteiger partial charge in [-0.1, -0.05) is 11.6 Å². The van der Waals surface area contributed by atoms with Gasteiger partial charge in [-0.25, -0.2) is 9.50 Å². The zero-order valence-corrected chi connectivity index (χ0v) is 12.8. The Kier molecular flexibility index (Phi) is 3.06. The second-order valence-corrected chi connectivity index (χ2v) is 5.42. The Hall–Kier alpha value is -2.86. The fourth-order valence-corrected chi connectivity index (χ4v) is 2.72. The Bertz CT molecular complexity index is 1100. The van der Waals surface area contributed by atoms with Gasteiger partial charge in [0, 0.05) is 17.8 Å². The summed E-state index contributed by atoms with van der Waals surface area (Å²) in [6.45, 7) is 0.